The zero-order valence-corrected chi connectivity index (χ0v) is 18.1. The number of rotatable bonds is 5. The van der Waals surface area contributed by atoms with Gasteiger partial charge < -0.3 is 0 Å². The van der Waals surface area contributed by atoms with E-state index in [1.165, 1.54) is 6.07 Å². The second kappa shape index (κ2) is 8.70. The van der Waals surface area contributed by atoms with Gasteiger partial charge in [-0.25, -0.2) is 4.68 Å². The molecule has 0 saturated carbocycles. The van der Waals surface area contributed by atoms with E-state index in [0.717, 1.165) is 35.1 Å². The van der Waals surface area contributed by atoms with Gasteiger partial charge in [-0.15, -0.1) is 0 Å². The van der Waals surface area contributed by atoms with Crippen molar-refractivity contribution in [2.45, 2.75) is 31.0 Å². The molecular weight excluding hydrogens is 441 g/mol. The first-order chi connectivity index (χ1) is 15.1. The van der Waals surface area contributed by atoms with Crippen molar-refractivity contribution in [3.8, 4) is 5.69 Å². The zero-order valence-electron chi connectivity index (χ0n) is 17.3. The molecule has 1 saturated heterocycles. The Balaban J connectivity index is 1.46. The molecule has 0 unspecified atom stereocenters. The van der Waals surface area contributed by atoms with Gasteiger partial charge in [0.05, 0.1) is 28.1 Å². The predicted octanol–water partition coefficient (Wildman–Crippen LogP) is 5.57. The van der Waals surface area contributed by atoms with Crippen molar-refractivity contribution in [2.24, 2.45) is 4.40 Å². The maximum atomic E-state index is 13.0. The maximum Gasteiger partial charge on any atom is 0.416 e. The third-order valence-electron chi connectivity index (χ3n) is 5.36. The highest BCUT2D eigenvalue weighted by atomic mass is 32.3. The van der Waals surface area contributed by atoms with Gasteiger partial charge >= 0.3 is 6.18 Å². The highest BCUT2D eigenvalue weighted by molar-refractivity contribution is 8.23. The molecule has 1 aliphatic heterocycles. The Labute approximate surface area is 185 Å². The molecule has 4 rings (SSSR count). The van der Waals surface area contributed by atoms with E-state index < -0.39 is 22.5 Å². The van der Waals surface area contributed by atoms with E-state index in [2.05, 4.69) is 14.4 Å². The van der Waals surface area contributed by atoms with E-state index in [1.54, 1.807) is 0 Å². The third-order valence-corrected chi connectivity index (χ3v) is 6.76. The van der Waals surface area contributed by atoms with Crippen LogP contribution in [0.4, 0.5) is 13.2 Å². The van der Waals surface area contributed by atoms with E-state index in [-0.39, 0.29) is 4.90 Å². The van der Waals surface area contributed by atoms with Crippen LogP contribution in [0.1, 0.15) is 23.2 Å². The van der Waals surface area contributed by atoms with Crippen molar-refractivity contribution < 1.29 is 22.3 Å². The molecule has 170 valence electrons. The van der Waals surface area contributed by atoms with Gasteiger partial charge in [0, 0.05) is 37.3 Å². The molecule has 2 N–H and O–H groups in total. The summed E-state index contributed by atoms with van der Waals surface area (Å²) in [4.78, 5) is 1.86. The topological polar surface area (TPSA) is 73.9 Å². The van der Waals surface area contributed by atoms with Crippen LogP contribution in [-0.2, 0) is 12.7 Å². The van der Waals surface area contributed by atoms with Crippen LogP contribution in [0.3, 0.4) is 0 Å². The average molecular weight is 465 g/mol. The number of para-hydroxylation sites is 1. The smallest absolute Gasteiger partial charge is 0.293 e. The summed E-state index contributed by atoms with van der Waals surface area (Å²) in [6, 6.07) is 13.8. The number of benzene rings is 2. The minimum atomic E-state index is -4.56. The van der Waals surface area contributed by atoms with Crippen molar-refractivity contribution in [2.75, 3.05) is 13.1 Å². The highest BCUT2D eigenvalue weighted by Gasteiger charge is 2.32. The number of aromatic nitrogens is 2. The number of nitrogens with zero attached hydrogens (tertiary/aromatic N) is 4. The standard InChI is InChI=1S/C22H23F3N4O2S/c1-16-17(13-26-29(16)20-7-3-2-4-8-20)14-28-11-10-19(15-28)27-32(30,31)21-9-5-6-18(12-21)22(23,24)25/h2-9,12-13,30-31H,10-11,14-15H2,1H3. The highest BCUT2D eigenvalue weighted by Crippen LogP contribution is 2.51. The summed E-state index contributed by atoms with van der Waals surface area (Å²) in [6.45, 7) is 3.67. The van der Waals surface area contributed by atoms with Crippen LogP contribution in [0.15, 0.2) is 70.1 Å². The Kier molecular flexibility index (Phi) is 6.13. The fraction of sp³-hybridized carbons (Fsp3) is 0.273. The van der Waals surface area contributed by atoms with Gasteiger partial charge in [-0.05, 0) is 37.3 Å². The second-order valence-corrected chi connectivity index (χ2v) is 9.36. The quantitative estimate of drug-likeness (QED) is 0.518. The molecule has 0 bridgehead atoms. The monoisotopic (exact) mass is 464 g/mol. The Bertz CT molecular complexity index is 1130. The average Bonchev–Trinajstić information content (AvgIpc) is 3.34. The summed E-state index contributed by atoms with van der Waals surface area (Å²) >= 11 is 0. The number of alkyl halides is 3. The van der Waals surface area contributed by atoms with E-state index in [1.807, 2.05) is 48.1 Å². The van der Waals surface area contributed by atoms with E-state index >= 15 is 0 Å². The van der Waals surface area contributed by atoms with Crippen molar-refractivity contribution in [3.05, 3.63) is 77.6 Å². The lowest BCUT2D eigenvalue weighted by molar-refractivity contribution is -0.137. The molecule has 0 spiro atoms. The van der Waals surface area contributed by atoms with Gasteiger partial charge in [-0.3, -0.25) is 14.0 Å². The molecule has 3 aromatic rings. The first kappa shape index (κ1) is 22.5. The fourth-order valence-corrected chi connectivity index (χ4v) is 4.82. The van der Waals surface area contributed by atoms with Crippen molar-refractivity contribution >= 4 is 16.5 Å². The van der Waals surface area contributed by atoms with Crippen LogP contribution >= 0.6 is 10.8 Å². The van der Waals surface area contributed by atoms with Crippen LogP contribution < -0.4 is 0 Å². The molecule has 10 heteroatoms. The number of hydrogen-bond donors (Lipinski definition) is 2. The fourth-order valence-electron chi connectivity index (χ4n) is 3.66. The molecule has 0 aliphatic carbocycles. The van der Waals surface area contributed by atoms with Crippen molar-refractivity contribution in [3.63, 3.8) is 0 Å². The summed E-state index contributed by atoms with van der Waals surface area (Å²) in [5, 5.41) is 4.47. The minimum Gasteiger partial charge on any atom is -0.293 e. The minimum absolute atomic E-state index is 0.238. The lowest BCUT2D eigenvalue weighted by atomic mass is 10.2. The largest absolute Gasteiger partial charge is 0.416 e. The van der Waals surface area contributed by atoms with Crippen molar-refractivity contribution in [1.29, 1.82) is 0 Å². The Morgan fingerprint density at radius 1 is 1.09 bits per heavy atom. The van der Waals surface area contributed by atoms with Crippen LogP contribution in [0, 0.1) is 6.92 Å². The van der Waals surface area contributed by atoms with Gasteiger partial charge in [-0.1, -0.05) is 35.0 Å². The second-order valence-electron chi connectivity index (χ2n) is 7.67. The zero-order chi connectivity index (χ0) is 22.9. The van der Waals surface area contributed by atoms with Crippen LogP contribution in [-0.4, -0.2) is 42.6 Å². The number of halogens is 3. The van der Waals surface area contributed by atoms with Crippen LogP contribution in [0.2, 0.25) is 0 Å². The lowest BCUT2D eigenvalue weighted by Gasteiger charge is -2.28. The molecule has 0 amide bonds. The summed E-state index contributed by atoms with van der Waals surface area (Å²) in [5.41, 5.74) is 2.63. The van der Waals surface area contributed by atoms with E-state index in [0.29, 0.717) is 31.8 Å². The molecule has 1 aromatic heterocycles. The normalized spacial score (nSPS) is 17.2. The summed E-state index contributed by atoms with van der Waals surface area (Å²) in [5.74, 6) is 0. The summed E-state index contributed by atoms with van der Waals surface area (Å²) in [6.07, 6.45) is -2.24. The van der Waals surface area contributed by atoms with Gasteiger partial charge in [0.1, 0.15) is 0 Å². The van der Waals surface area contributed by atoms with Crippen LogP contribution in [0.5, 0.6) is 0 Å². The third kappa shape index (κ3) is 4.88. The lowest BCUT2D eigenvalue weighted by Crippen LogP contribution is -2.20. The summed E-state index contributed by atoms with van der Waals surface area (Å²) in [7, 11) is -3.72. The molecular formula is C22H23F3N4O2S. The van der Waals surface area contributed by atoms with E-state index in [4.69, 9.17) is 0 Å². The number of likely N-dealkylation sites (tertiary alicyclic amines) is 1. The molecule has 32 heavy (non-hydrogen) atoms. The molecule has 6 nitrogen and oxygen atoms in total. The molecule has 2 heterocycles. The van der Waals surface area contributed by atoms with Gasteiger partial charge in [-0.2, -0.15) is 22.7 Å². The van der Waals surface area contributed by atoms with Crippen molar-refractivity contribution in [1.82, 2.24) is 14.7 Å². The Morgan fingerprint density at radius 2 is 1.84 bits per heavy atom. The first-order valence-corrected chi connectivity index (χ1v) is 11.5. The van der Waals surface area contributed by atoms with Gasteiger partial charge in [0.2, 0.25) is 0 Å². The van der Waals surface area contributed by atoms with Crippen LogP contribution in [0.25, 0.3) is 5.69 Å². The Hall–Kier alpha value is -2.66. The van der Waals surface area contributed by atoms with Gasteiger partial charge in [0.15, 0.2) is 0 Å². The molecule has 0 radical (unpaired) electrons. The molecule has 0 atom stereocenters. The molecule has 1 fully saturated rings. The molecule has 1 aliphatic rings. The van der Waals surface area contributed by atoms with Gasteiger partial charge in [0.25, 0.3) is 0 Å². The van der Waals surface area contributed by atoms with E-state index in [9.17, 15) is 22.3 Å². The Morgan fingerprint density at radius 3 is 2.56 bits per heavy atom. The first-order valence-electron chi connectivity index (χ1n) is 9.98. The predicted molar refractivity (Wildman–Crippen MR) is 118 cm³/mol. The molecule has 2 aromatic carbocycles. The summed E-state index contributed by atoms with van der Waals surface area (Å²) < 4.78 is 65.7. The SMILES string of the molecule is Cc1c(CN2CCC(=NS(O)(O)c3cccc(C(F)(F)F)c3)C2)cnn1-c1ccccc1. The number of hydrogen-bond acceptors (Lipinski definition) is 5. The maximum absolute atomic E-state index is 13.0.